The predicted octanol–water partition coefficient (Wildman–Crippen LogP) is 4.49. The molecule has 3 rings (SSSR count). The normalized spacial score (nSPS) is 10.3. The maximum atomic E-state index is 12.2. The lowest BCUT2D eigenvalue weighted by Gasteiger charge is -2.08. The molecule has 0 atom stereocenters. The fraction of sp³-hybridized carbons (Fsp3) is 0.0909. The summed E-state index contributed by atoms with van der Waals surface area (Å²) in [6.07, 6.45) is 0.190. The number of rotatable bonds is 7. The molecule has 0 fully saturated rings. The van der Waals surface area contributed by atoms with Crippen LogP contribution in [0.1, 0.15) is 21.5 Å². The third-order valence-corrected chi connectivity index (χ3v) is 4.48. The van der Waals surface area contributed by atoms with E-state index in [2.05, 4.69) is 26.7 Å². The van der Waals surface area contributed by atoms with Gasteiger partial charge in [-0.2, -0.15) is 0 Å². The van der Waals surface area contributed by atoms with E-state index in [1.54, 1.807) is 36.4 Å². The second-order valence-corrected chi connectivity index (χ2v) is 7.05. The van der Waals surface area contributed by atoms with E-state index in [1.807, 2.05) is 42.5 Å². The number of anilines is 1. The van der Waals surface area contributed by atoms with Gasteiger partial charge in [-0.3, -0.25) is 14.4 Å². The maximum absolute atomic E-state index is 12.2. The SMILES string of the molecule is O=C(Cc1ccc(NC(=O)c2ccc(Br)cc2)cc1)NOCc1ccccc1. The van der Waals surface area contributed by atoms with Crippen molar-refractivity contribution in [2.75, 3.05) is 5.32 Å². The van der Waals surface area contributed by atoms with E-state index in [4.69, 9.17) is 4.84 Å². The zero-order valence-corrected chi connectivity index (χ0v) is 16.6. The minimum Gasteiger partial charge on any atom is -0.322 e. The van der Waals surface area contributed by atoms with Crippen molar-refractivity contribution in [2.45, 2.75) is 13.0 Å². The monoisotopic (exact) mass is 438 g/mol. The minimum atomic E-state index is -0.234. The summed E-state index contributed by atoms with van der Waals surface area (Å²) >= 11 is 3.34. The van der Waals surface area contributed by atoms with E-state index >= 15 is 0 Å². The van der Waals surface area contributed by atoms with Crippen molar-refractivity contribution < 1.29 is 14.4 Å². The minimum absolute atomic E-state index is 0.188. The summed E-state index contributed by atoms with van der Waals surface area (Å²) in [4.78, 5) is 29.4. The molecule has 28 heavy (non-hydrogen) atoms. The number of halogens is 1. The van der Waals surface area contributed by atoms with E-state index in [0.717, 1.165) is 15.6 Å². The van der Waals surface area contributed by atoms with Crippen molar-refractivity contribution in [2.24, 2.45) is 0 Å². The van der Waals surface area contributed by atoms with Gasteiger partial charge in [-0.15, -0.1) is 0 Å². The number of nitrogens with one attached hydrogen (secondary N) is 2. The molecule has 142 valence electrons. The van der Waals surface area contributed by atoms with E-state index < -0.39 is 0 Å². The van der Waals surface area contributed by atoms with Crippen LogP contribution in [0, 0.1) is 0 Å². The van der Waals surface area contributed by atoms with Gasteiger partial charge in [0.05, 0.1) is 13.0 Å². The molecule has 5 nitrogen and oxygen atoms in total. The first-order valence-corrected chi connectivity index (χ1v) is 9.50. The third-order valence-electron chi connectivity index (χ3n) is 3.95. The van der Waals surface area contributed by atoms with Crippen molar-refractivity contribution in [3.8, 4) is 0 Å². The third kappa shape index (κ3) is 6.04. The number of hydrogen-bond acceptors (Lipinski definition) is 3. The van der Waals surface area contributed by atoms with Gasteiger partial charge in [-0.25, -0.2) is 5.48 Å². The van der Waals surface area contributed by atoms with Crippen LogP contribution in [0.3, 0.4) is 0 Å². The predicted molar refractivity (Wildman–Crippen MR) is 112 cm³/mol. The molecular weight excluding hydrogens is 420 g/mol. The van der Waals surface area contributed by atoms with E-state index in [-0.39, 0.29) is 18.2 Å². The highest BCUT2D eigenvalue weighted by Crippen LogP contribution is 2.14. The lowest BCUT2D eigenvalue weighted by molar-refractivity contribution is -0.133. The van der Waals surface area contributed by atoms with Crippen LogP contribution in [0.5, 0.6) is 0 Å². The molecule has 2 N–H and O–H groups in total. The van der Waals surface area contributed by atoms with Crippen molar-refractivity contribution in [3.05, 3.63) is 100 Å². The van der Waals surface area contributed by atoms with Crippen molar-refractivity contribution in [1.29, 1.82) is 0 Å². The molecular formula is C22H19BrN2O3. The lowest BCUT2D eigenvalue weighted by atomic mass is 10.1. The van der Waals surface area contributed by atoms with Crippen LogP contribution in [-0.4, -0.2) is 11.8 Å². The highest BCUT2D eigenvalue weighted by Gasteiger charge is 2.07. The Bertz CT molecular complexity index is 926. The molecule has 0 aliphatic heterocycles. The average molecular weight is 439 g/mol. The van der Waals surface area contributed by atoms with E-state index in [0.29, 0.717) is 17.9 Å². The van der Waals surface area contributed by atoms with Crippen molar-refractivity contribution in [3.63, 3.8) is 0 Å². The van der Waals surface area contributed by atoms with E-state index in [9.17, 15) is 9.59 Å². The van der Waals surface area contributed by atoms with Crippen LogP contribution < -0.4 is 10.8 Å². The Morgan fingerprint density at radius 1 is 0.821 bits per heavy atom. The zero-order chi connectivity index (χ0) is 19.8. The number of carbonyl (C=O) groups excluding carboxylic acids is 2. The number of carbonyl (C=O) groups is 2. The van der Waals surface area contributed by atoms with Gasteiger partial charge in [0.25, 0.3) is 5.91 Å². The molecule has 6 heteroatoms. The summed E-state index contributed by atoms with van der Waals surface area (Å²) in [5.74, 6) is -0.421. The Hall–Kier alpha value is -2.96. The molecule has 0 aliphatic rings. The molecule has 0 radical (unpaired) electrons. The summed E-state index contributed by atoms with van der Waals surface area (Å²) in [5.41, 5.74) is 5.48. The maximum Gasteiger partial charge on any atom is 0.255 e. The molecule has 0 saturated heterocycles. The largest absolute Gasteiger partial charge is 0.322 e. The Balaban J connectivity index is 1.46. The zero-order valence-electron chi connectivity index (χ0n) is 15.0. The molecule has 0 saturated carbocycles. The molecule has 0 aliphatic carbocycles. The smallest absolute Gasteiger partial charge is 0.255 e. The fourth-order valence-corrected chi connectivity index (χ4v) is 2.77. The van der Waals surface area contributed by atoms with Gasteiger partial charge in [-0.1, -0.05) is 58.4 Å². The van der Waals surface area contributed by atoms with Gasteiger partial charge in [0.15, 0.2) is 0 Å². The first-order valence-electron chi connectivity index (χ1n) is 8.70. The first kappa shape index (κ1) is 19.8. The molecule has 0 heterocycles. The number of hydroxylamine groups is 1. The Morgan fingerprint density at radius 3 is 2.18 bits per heavy atom. The molecule has 0 spiro atoms. The molecule has 0 aromatic heterocycles. The topological polar surface area (TPSA) is 67.4 Å². The second kappa shape index (κ2) is 9.82. The van der Waals surface area contributed by atoms with Gasteiger partial charge in [0.1, 0.15) is 0 Å². The summed E-state index contributed by atoms with van der Waals surface area (Å²) < 4.78 is 0.916. The van der Waals surface area contributed by atoms with Gasteiger partial charge < -0.3 is 5.32 Å². The summed E-state index contributed by atoms with van der Waals surface area (Å²) in [6, 6.07) is 23.9. The molecule has 0 unspecified atom stereocenters. The quantitative estimate of drug-likeness (QED) is 0.533. The van der Waals surface area contributed by atoms with E-state index in [1.165, 1.54) is 0 Å². The fourth-order valence-electron chi connectivity index (χ4n) is 2.51. The lowest BCUT2D eigenvalue weighted by Crippen LogP contribution is -2.25. The average Bonchev–Trinajstić information content (AvgIpc) is 2.71. The van der Waals surface area contributed by atoms with Crippen LogP contribution in [0.4, 0.5) is 5.69 Å². The molecule has 3 aromatic rings. The van der Waals surface area contributed by atoms with Crippen LogP contribution in [-0.2, 0) is 22.7 Å². The van der Waals surface area contributed by atoms with Gasteiger partial charge in [0.2, 0.25) is 5.91 Å². The van der Waals surface area contributed by atoms with Crippen LogP contribution in [0.25, 0.3) is 0 Å². The molecule has 0 bridgehead atoms. The van der Waals surface area contributed by atoms with Gasteiger partial charge in [-0.05, 0) is 47.5 Å². The summed E-state index contributed by atoms with van der Waals surface area (Å²) in [5, 5.41) is 2.83. The number of hydrogen-bond donors (Lipinski definition) is 2. The molecule has 2 amide bonds. The number of amides is 2. The van der Waals surface area contributed by atoms with Crippen LogP contribution in [0.2, 0.25) is 0 Å². The highest BCUT2D eigenvalue weighted by atomic mass is 79.9. The van der Waals surface area contributed by atoms with Crippen LogP contribution in [0.15, 0.2) is 83.3 Å². The van der Waals surface area contributed by atoms with Crippen molar-refractivity contribution in [1.82, 2.24) is 5.48 Å². The standard InChI is InChI=1S/C22H19BrN2O3/c23-19-10-8-18(9-11-19)22(27)24-20-12-6-16(7-13-20)14-21(26)25-28-15-17-4-2-1-3-5-17/h1-13H,14-15H2,(H,24,27)(H,25,26). The Morgan fingerprint density at radius 2 is 1.50 bits per heavy atom. The summed E-state index contributed by atoms with van der Waals surface area (Å²) in [6.45, 7) is 0.313. The van der Waals surface area contributed by atoms with Crippen LogP contribution >= 0.6 is 15.9 Å². The Labute approximate surface area is 171 Å². The molecule has 3 aromatic carbocycles. The summed E-state index contributed by atoms with van der Waals surface area (Å²) in [7, 11) is 0. The number of benzene rings is 3. The van der Waals surface area contributed by atoms with Crippen molar-refractivity contribution >= 4 is 33.4 Å². The Kier molecular flexibility index (Phi) is 6.94. The first-order chi connectivity index (χ1) is 13.6. The van der Waals surface area contributed by atoms with Gasteiger partial charge in [0, 0.05) is 15.7 Å². The highest BCUT2D eigenvalue weighted by molar-refractivity contribution is 9.10. The second-order valence-electron chi connectivity index (χ2n) is 6.13. The van der Waals surface area contributed by atoms with Gasteiger partial charge >= 0.3 is 0 Å².